The summed E-state index contributed by atoms with van der Waals surface area (Å²) in [6.07, 6.45) is 9.25. The number of ether oxygens (including phenoxy) is 1. The lowest BCUT2D eigenvalue weighted by molar-refractivity contribution is -0.233. The molecule has 6 rings (SSSR count). The van der Waals surface area contributed by atoms with Gasteiger partial charge in [0.05, 0.1) is 11.8 Å². The van der Waals surface area contributed by atoms with Crippen LogP contribution in [0, 0.1) is 56.2 Å². The number of carbonyl (C=O) groups excluding carboxylic acids is 3. The van der Waals surface area contributed by atoms with Crippen molar-refractivity contribution in [1.82, 2.24) is 5.32 Å². The van der Waals surface area contributed by atoms with Gasteiger partial charge in [-0.05, 0) is 129 Å². The number of benzene rings is 1. The summed E-state index contributed by atoms with van der Waals surface area (Å²) in [5.41, 5.74) is 1.85. The van der Waals surface area contributed by atoms with Crippen molar-refractivity contribution in [2.24, 2.45) is 56.2 Å². The van der Waals surface area contributed by atoms with Gasteiger partial charge in [0.1, 0.15) is 6.10 Å². The Morgan fingerprint density at radius 1 is 0.902 bits per heavy atom. The van der Waals surface area contributed by atoms with Crippen LogP contribution in [0.25, 0.3) is 0 Å². The fourth-order valence-electron chi connectivity index (χ4n) is 13.0. The van der Waals surface area contributed by atoms with E-state index < -0.39 is 17.4 Å². The number of Topliss-reactive ketones (excluding diaryl/α,β-unsaturated/α-hetero) is 1. The van der Waals surface area contributed by atoms with Crippen molar-refractivity contribution < 1.29 is 29.0 Å². The van der Waals surface area contributed by atoms with Gasteiger partial charge in [-0.25, -0.2) is 0 Å². The van der Waals surface area contributed by atoms with Gasteiger partial charge in [0.2, 0.25) is 0 Å². The van der Waals surface area contributed by atoms with Crippen LogP contribution < -0.4 is 5.32 Å². The molecule has 0 aromatic heterocycles. The largest absolute Gasteiger partial charge is 0.481 e. The van der Waals surface area contributed by atoms with Gasteiger partial charge >= 0.3 is 11.9 Å². The van der Waals surface area contributed by atoms with Crippen LogP contribution in [0.15, 0.2) is 41.5 Å². The zero-order chi connectivity index (χ0) is 37.4. The molecule has 5 aliphatic rings. The molecule has 51 heavy (non-hydrogen) atoms. The lowest BCUT2D eigenvalue weighted by atomic mass is 9.33. The van der Waals surface area contributed by atoms with Crippen LogP contribution in [0.1, 0.15) is 143 Å². The molecule has 4 saturated carbocycles. The number of aliphatic carboxylic acids is 1. The maximum atomic E-state index is 14.0. The molecule has 0 aliphatic heterocycles. The number of carbonyl (C=O) groups is 4. The summed E-state index contributed by atoms with van der Waals surface area (Å²) in [5, 5.41) is 12.8. The van der Waals surface area contributed by atoms with Crippen molar-refractivity contribution in [3.63, 3.8) is 0 Å². The van der Waals surface area contributed by atoms with Crippen LogP contribution in [0.3, 0.4) is 0 Å². The second-order valence-electron chi connectivity index (χ2n) is 19.6. The molecule has 0 heterocycles. The van der Waals surface area contributed by atoms with Crippen molar-refractivity contribution in [3.8, 4) is 0 Å². The quantitative estimate of drug-likeness (QED) is 0.249. The Labute approximate surface area is 306 Å². The first-order chi connectivity index (χ1) is 23.7. The van der Waals surface area contributed by atoms with E-state index in [1.807, 2.05) is 30.3 Å². The number of carboxylic acids is 1. The van der Waals surface area contributed by atoms with Crippen molar-refractivity contribution in [2.75, 3.05) is 6.54 Å². The number of nitrogens with one attached hydrogen (secondary N) is 1. The molecule has 1 aromatic carbocycles. The van der Waals surface area contributed by atoms with E-state index in [2.05, 4.69) is 53.8 Å². The number of ketones is 1. The van der Waals surface area contributed by atoms with Crippen LogP contribution >= 0.6 is 0 Å². The zero-order valence-corrected chi connectivity index (χ0v) is 32.7. The van der Waals surface area contributed by atoms with Gasteiger partial charge < -0.3 is 15.2 Å². The van der Waals surface area contributed by atoms with Gasteiger partial charge in [-0.1, -0.05) is 72.2 Å². The normalized spacial score (nSPS) is 37.2. The molecule has 4 fully saturated rings. The minimum absolute atomic E-state index is 0.0522. The number of amides is 1. The van der Waals surface area contributed by atoms with Gasteiger partial charge in [-0.15, -0.1) is 0 Å². The van der Waals surface area contributed by atoms with E-state index in [1.54, 1.807) is 13.8 Å². The Morgan fingerprint density at radius 3 is 2.24 bits per heavy atom. The minimum Gasteiger partial charge on any atom is -0.481 e. The maximum Gasteiger partial charge on any atom is 0.309 e. The van der Waals surface area contributed by atoms with E-state index in [-0.39, 0.29) is 51.4 Å². The molecule has 7 nitrogen and oxygen atoms in total. The highest BCUT2D eigenvalue weighted by molar-refractivity contribution is 6.00. The summed E-state index contributed by atoms with van der Waals surface area (Å²) in [7, 11) is 0. The third kappa shape index (κ3) is 5.91. The molecule has 2 N–H and O–H groups in total. The predicted octanol–water partition coefficient (Wildman–Crippen LogP) is 9.20. The first kappa shape index (κ1) is 37.8. The Morgan fingerprint density at radius 2 is 1.59 bits per heavy atom. The Bertz CT molecular complexity index is 1610. The molecule has 5 aliphatic carbocycles. The molecule has 280 valence electrons. The summed E-state index contributed by atoms with van der Waals surface area (Å²) in [6, 6.07) is 9.39. The summed E-state index contributed by atoms with van der Waals surface area (Å²) in [4.78, 5) is 51.8. The van der Waals surface area contributed by atoms with Crippen LogP contribution in [0.2, 0.25) is 0 Å². The second kappa shape index (κ2) is 12.9. The van der Waals surface area contributed by atoms with Gasteiger partial charge in [-0.2, -0.15) is 0 Å². The second-order valence-corrected chi connectivity index (χ2v) is 19.6. The smallest absolute Gasteiger partial charge is 0.309 e. The first-order valence-electron chi connectivity index (χ1n) is 19.8. The van der Waals surface area contributed by atoms with E-state index in [0.717, 1.165) is 63.4 Å². The predicted molar refractivity (Wildman–Crippen MR) is 199 cm³/mol. The maximum absolute atomic E-state index is 14.0. The van der Waals surface area contributed by atoms with E-state index in [4.69, 9.17) is 4.74 Å². The van der Waals surface area contributed by atoms with Crippen LogP contribution in [-0.2, 0) is 19.1 Å². The summed E-state index contributed by atoms with van der Waals surface area (Å²) >= 11 is 0. The van der Waals surface area contributed by atoms with Crippen molar-refractivity contribution in [1.29, 1.82) is 0 Å². The van der Waals surface area contributed by atoms with Crippen molar-refractivity contribution in [3.05, 3.63) is 47.0 Å². The Hall–Kier alpha value is -2.96. The highest BCUT2D eigenvalue weighted by Gasteiger charge is 2.70. The van der Waals surface area contributed by atoms with E-state index in [1.165, 1.54) is 5.57 Å². The van der Waals surface area contributed by atoms with Gasteiger partial charge in [0.15, 0.2) is 5.78 Å². The number of fused-ring (bicyclic) bond motifs is 7. The Balaban J connectivity index is 1.25. The third-order valence-electron chi connectivity index (χ3n) is 15.9. The molecule has 8 atom stereocenters. The van der Waals surface area contributed by atoms with E-state index in [0.29, 0.717) is 42.1 Å². The third-order valence-corrected chi connectivity index (χ3v) is 15.9. The average Bonchev–Trinajstić information content (AvgIpc) is 3.35. The average molecular weight is 702 g/mol. The number of carboxylic acid groups (broad SMARTS) is 1. The topological polar surface area (TPSA) is 110 Å². The van der Waals surface area contributed by atoms with Crippen LogP contribution in [0.5, 0.6) is 0 Å². The lowest BCUT2D eigenvalue weighted by Crippen LogP contribution is -2.65. The SMILES string of the molecule is CC(C)C1=C2C3CCC4C5(C)CCC(OC(=O)CC(C)(C)C(=O)O)C(C)(C)C5CCC4(C)C3(C)CCC2(CCNC(=O)c2ccccc2)CC1=O. The number of rotatable bonds is 9. The standard InChI is InChI=1S/C44H63NO6/c1-27(2)35-30(46)25-44(23-24-45-37(48)28-13-11-10-12-14-28)22-21-42(8)29(36(35)44)15-16-32-41(7)19-18-33(51-34(47)26-39(3,4)38(49)50)40(5,6)31(41)17-20-43(32,42)9/h10-14,27,29,31-33H,15-26H2,1-9H3,(H,45,48)(H,49,50). The number of allylic oxidation sites excluding steroid dienone is 2. The molecule has 1 amide bonds. The van der Waals surface area contributed by atoms with Gasteiger partial charge in [0, 0.05) is 29.4 Å². The molecular weight excluding hydrogens is 638 g/mol. The molecule has 0 spiro atoms. The van der Waals surface area contributed by atoms with Gasteiger partial charge in [0.25, 0.3) is 5.91 Å². The molecule has 1 aromatic rings. The van der Waals surface area contributed by atoms with Crippen molar-refractivity contribution in [2.45, 2.75) is 139 Å². The summed E-state index contributed by atoms with van der Waals surface area (Å²) in [5.74, 6) is 0.297. The Kier molecular flexibility index (Phi) is 9.53. The fraction of sp³-hybridized carbons (Fsp3) is 0.727. The van der Waals surface area contributed by atoms with Crippen LogP contribution in [0.4, 0.5) is 0 Å². The molecule has 0 saturated heterocycles. The fourth-order valence-corrected chi connectivity index (χ4v) is 13.0. The zero-order valence-electron chi connectivity index (χ0n) is 32.7. The highest BCUT2D eigenvalue weighted by atomic mass is 16.5. The lowest BCUT2D eigenvalue weighted by Gasteiger charge is -2.72. The first-order valence-corrected chi connectivity index (χ1v) is 19.8. The van der Waals surface area contributed by atoms with Crippen LogP contribution in [-0.4, -0.2) is 41.4 Å². The number of hydrogen-bond donors (Lipinski definition) is 2. The number of hydrogen-bond acceptors (Lipinski definition) is 5. The summed E-state index contributed by atoms with van der Waals surface area (Å²) < 4.78 is 6.16. The number of esters is 1. The molecular formula is C44H63NO6. The molecule has 0 radical (unpaired) electrons. The minimum atomic E-state index is -1.16. The van der Waals surface area contributed by atoms with E-state index >= 15 is 0 Å². The van der Waals surface area contributed by atoms with Gasteiger partial charge in [-0.3, -0.25) is 19.2 Å². The monoisotopic (exact) mass is 701 g/mol. The van der Waals surface area contributed by atoms with E-state index in [9.17, 15) is 24.3 Å². The summed E-state index contributed by atoms with van der Waals surface area (Å²) in [6.45, 7) is 20.3. The highest BCUT2D eigenvalue weighted by Crippen LogP contribution is 2.77. The molecule has 0 bridgehead atoms. The molecule has 8 unspecified atom stereocenters. The molecule has 7 heteroatoms. The van der Waals surface area contributed by atoms with Crippen molar-refractivity contribution >= 4 is 23.6 Å².